The molecule has 1 N–H and O–H groups in total. The Hall–Kier alpha value is -2.99. The highest BCUT2D eigenvalue weighted by Crippen LogP contribution is 2.30. The molecule has 1 saturated heterocycles. The predicted molar refractivity (Wildman–Crippen MR) is 130 cm³/mol. The molecular weight excluding hydrogens is 398 g/mol. The summed E-state index contributed by atoms with van der Waals surface area (Å²) in [4.78, 5) is 17.2. The van der Waals surface area contributed by atoms with Crippen molar-refractivity contribution < 1.29 is 4.79 Å². The molecule has 0 spiro atoms. The van der Waals surface area contributed by atoms with Gasteiger partial charge in [-0.3, -0.25) is 4.79 Å². The Morgan fingerprint density at radius 2 is 1.69 bits per heavy atom. The van der Waals surface area contributed by atoms with Gasteiger partial charge in [-0.05, 0) is 57.8 Å². The van der Waals surface area contributed by atoms with Crippen molar-refractivity contribution in [3.63, 3.8) is 0 Å². The van der Waals surface area contributed by atoms with E-state index in [0.717, 1.165) is 61.9 Å². The third-order valence-electron chi connectivity index (χ3n) is 6.23. The van der Waals surface area contributed by atoms with E-state index in [0.29, 0.717) is 18.2 Å². The lowest BCUT2D eigenvalue weighted by atomic mass is 9.90. The Morgan fingerprint density at radius 3 is 2.41 bits per heavy atom. The summed E-state index contributed by atoms with van der Waals surface area (Å²) in [6, 6.07) is 18.7. The van der Waals surface area contributed by atoms with Crippen molar-refractivity contribution in [3.05, 3.63) is 65.9 Å². The second-order valence-corrected chi connectivity index (χ2v) is 8.95. The number of hydrogen-bond donors (Lipinski definition) is 1. The van der Waals surface area contributed by atoms with Crippen molar-refractivity contribution in [2.45, 2.75) is 25.7 Å². The monoisotopic (exact) mass is 431 g/mol. The molecule has 6 nitrogen and oxygen atoms in total. The van der Waals surface area contributed by atoms with E-state index in [4.69, 9.17) is 0 Å². The summed E-state index contributed by atoms with van der Waals surface area (Å²) in [5.74, 6) is 1.43. The van der Waals surface area contributed by atoms with Crippen LogP contribution in [0.5, 0.6) is 0 Å². The maximum absolute atomic E-state index is 12.8. The van der Waals surface area contributed by atoms with Crippen LogP contribution >= 0.6 is 0 Å². The molecule has 0 aliphatic carbocycles. The SMILES string of the molecule is CN(C)CCCNC(=O)c1nnc(N2CCC(Cc3ccccc3)CC2)c2ccccc12. The highest BCUT2D eigenvalue weighted by atomic mass is 16.1. The van der Waals surface area contributed by atoms with Crippen molar-refractivity contribution in [2.24, 2.45) is 5.92 Å². The minimum Gasteiger partial charge on any atom is -0.355 e. The van der Waals surface area contributed by atoms with E-state index in [1.807, 2.05) is 32.3 Å². The van der Waals surface area contributed by atoms with Gasteiger partial charge in [0.25, 0.3) is 5.91 Å². The summed E-state index contributed by atoms with van der Waals surface area (Å²) < 4.78 is 0. The number of aromatic nitrogens is 2. The van der Waals surface area contributed by atoms with Gasteiger partial charge >= 0.3 is 0 Å². The summed E-state index contributed by atoms with van der Waals surface area (Å²) >= 11 is 0. The molecule has 6 heteroatoms. The van der Waals surface area contributed by atoms with Gasteiger partial charge in [0.15, 0.2) is 11.5 Å². The molecule has 0 atom stereocenters. The zero-order valence-corrected chi connectivity index (χ0v) is 19.1. The van der Waals surface area contributed by atoms with Crippen molar-refractivity contribution in [2.75, 3.05) is 45.2 Å². The van der Waals surface area contributed by atoms with Gasteiger partial charge in [-0.15, -0.1) is 10.2 Å². The van der Waals surface area contributed by atoms with Gasteiger partial charge in [-0.2, -0.15) is 0 Å². The molecule has 3 aromatic rings. The van der Waals surface area contributed by atoms with Crippen molar-refractivity contribution in [3.8, 4) is 0 Å². The van der Waals surface area contributed by atoms with Crippen LogP contribution in [-0.4, -0.2) is 61.3 Å². The highest BCUT2D eigenvalue weighted by molar-refractivity contribution is 6.07. The van der Waals surface area contributed by atoms with Crippen LogP contribution in [0.1, 0.15) is 35.3 Å². The molecule has 1 amide bonds. The van der Waals surface area contributed by atoms with Crippen LogP contribution in [0.25, 0.3) is 10.8 Å². The predicted octanol–water partition coefficient (Wildman–Crippen LogP) is 3.77. The van der Waals surface area contributed by atoms with Crippen molar-refractivity contribution >= 4 is 22.5 Å². The number of nitrogens with one attached hydrogen (secondary N) is 1. The Balaban J connectivity index is 1.44. The third-order valence-corrected chi connectivity index (χ3v) is 6.23. The van der Waals surface area contributed by atoms with Crippen LogP contribution in [0.4, 0.5) is 5.82 Å². The minimum atomic E-state index is -0.152. The van der Waals surface area contributed by atoms with Crippen molar-refractivity contribution in [1.29, 1.82) is 0 Å². The van der Waals surface area contributed by atoms with E-state index >= 15 is 0 Å². The van der Waals surface area contributed by atoms with Crippen LogP contribution in [0.2, 0.25) is 0 Å². The van der Waals surface area contributed by atoms with Crippen LogP contribution in [0, 0.1) is 5.92 Å². The summed E-state index contributed by atoms with van der Waals surface area (Å²) in [7, 11) is 4.06. The number of carbonyl (C=O) groups is 1. The van der Waals surface area contributed by atoms with Crippen LogP contribution in [0.3, 0.4) is 0 Å². The highest BCUT2D eigenvalue weighted by Gasteiger charge is 2.24. The van der Waals surface area contributed by atoms with Crippen molar-refractivity contribution in [1.82, 2.24) is 20.4 Å². The van der Waals surface area contributed by atoms with Gasteiger partial charge < -0.3 is 15.1 Å². The number of nitrogens with zero attached hydrogens (tertiary/aromatic N) is 4. The Morgan fingerprint density at radius 1 is 1.00 bits per heavy atom. The summed E-state index contributed by atoms with van der Waals surface area (Å²) in [5, 5.41) is 13.8. The molecular formula is C26H33N5O. The normalized spacial score (nSPS) is 14.8. The summed E-state index contributed by atoms with van der Waals surface area (Å²) in [5.41, 5.74) is 1.82. The molecule has 1 aliphatic rings. The molecule has 1 aromatic heterocycles. The number of anilines is 1. The van der Waals surface area contributed by atoms with Gasteiger partial charge in [0.1, 0.15) is 0 Å². The minimum absolute atomic E-state index is 0.152. The zero-order chi connectivity index (χ0) is 22.3. The first kappa shape index (κ1) is 22.2. The smallest absolute Gasteiger partial charge is 0.272 e. The first-order chi connectivity index (χ1) is 15.6. The standard InChI is InChI=1S/C26H33N5O/c1-30(2)16-8-15-27-26(32)24-22-11-6-7-12-23(22)25(29-28-24)31-17-13-21(14-18-31)19-20-9-4-3-5-10-20/h3-7,9-12,21H,8,13-19H2,1-2H3,(H,27,32). The van der Waals surface area contributed by atoms with E-state index in [9.17, 15) is 4.79 Å². The Labute approximate surface area is 190 Å². The number of fused-ring (bicyclic) bond motifs is 1. The first-order valence-electron chi connectivity index (χ1n) is 11.6. The number of benzene rings is 2. The topological polar surface area (TPSA) is 61.4 Å². The lowest BCUT2D eigenvalue weighted by Crippen LogP contribution is -2.35. The van der Waals surface area contributed by atoms with Gasteiger partial charge in [-0.25, -0.2) is 0 Å². The fraction of sp³-hybridized carbons (Fsp3) is 0.423. The maximum Gasteiger partial charge on any atom is 0.272 e. The van der Waals surface area contributed by atoms with E-state index in [1.54, 1.807) is 0 Å². The molecule has 0 saturated carbocycles. The first-order valence-corrected chi connectivity index (χ1v) is 11.6. The number of amides is 1. The van der Waals surface area contributed by atoms with Crippen LogP contribution in [-0.2, 0) is 6.42 Å². The molecule has 2 heterocycles. The summed E-state index contributed by atoms with van der Waals surface area (Å²) in [6.45, 7) is 3.49. The summed E-state index contributed by atoms with van der Waals surface area (Å²) in [6.07, 6.45) is 4.31. The Kier molecular flexibility index (Phi) is 7.32. The molecule has 1 fully saturated rings. The number of hydrogen-bond acceptors (Lipinski definition) is 5. The zero-order valence-electron chi connectivity index (χ0n) is 19.1. The average Bonchev–Trinajstić information content (AvgIpc) is 2.82. The second kappa shape index (κ2) is 10.6. The van der Waals surface area contributed by atoms with Crippen LogP contribution < -0.4 is 10.2 Å². The average molecular weight is 432 g/mol. The molecule has 2 aromatic carbocycles. The largest absolute Gasteiger partial charge is 0.355 e. The fourth-order valence-electron chi connectivity index (χ4n) is 4.47. The van der Waals surface area contributed by atoms with Gasteiger partial charge in [0, 0.05) is 30.4 Å². The Bertz CT molecular complexity index is 1030. The van der Waals surface area contributed by atoms with Gasteiger partial charge in [0.2, 0.25) is 0 Å². The maximum atomic E-state index is 12.8. The molecule has 1 aliphatic heterocycles. The molecule has 168 valence electrons. The molecule has 0 bridgehead atoms. The lowest BCUT2D eigenvalue weighted by Gasteiger charge is -2.33. The molecule has 4 rings (SSSR count). The van der Waals surface area contributed by atoms with E-state index in [1.165, 1.54) is 5.56 Å². The lowest BCUT2D eigenvalue weighted by molar-refractivity contribution is 0.0948. The van der Waals surface area contributed by atoms with E-state index in [-0.39, 0.29) is 5.91 Å². The van der Waals surface area contributed by atoms with E-state index < -0.39 is 0 Å². The number of carbonyl (C=O) groups excluding carboxylic acids is 1. The number of rotatable bonds is 8. The quantitative estimate of drug-likeness (QED) is 0.550. The third kappa shape index (κ3) is 5.43. The van der Waals surface area contributed by atoms with E-state index in [2.05, 4.69) is 61.7 Å². The fourth-order valence-corrected chi connectivity index (χ4v) is 4.47. The second-order valence-electron chi connectivity index (χ2n) is 8.95. The van der Waals surface area contributed by atoms with Gasteiger partial charge in [0.05, 0.1) is 0 Å². The molecule has 32 heavy (non-hydrogen) atoms. The van der Waals surface area contributed by atoms with Crippen LogP contribution in [0.15, 0.2) is 54.6 Å². The molecule has 0 unspecified atom stereocenters. The number of piperidine rings is 1. The molecule has 0 radical (unpaired) electrons. The van der Waals surface area contributed by atoms with Gasteiger partial charge in [-0.1, -0.05) is 54.6 Å².